The van der Waals surface area contributed by atoms with Crippen LogP contribution in [0.3, 0.4) is 0 Å². The Morgan fingerprint density at radius 3 is 2.79 bits per heavy atom. The Labute approximate surface area is 130 Å². The van der Waals surface area contributed by atoms with Gasteiger partial charge < -0.3 is 0 Å². The fourth-order valence-electron chi connectivity index (χ4n) is 4.15. The zero-order valence-corrected chi connectivity index (χ0v) is 13.7. The van der Waals surface area contributed by atoms with E-state index in [0.29, 0.717) is 0 Å². The molecule has 2 bridgehead atoms. The molecule has 0 aliphatic carbocycles. The maximum atomic E-state index is 2.75. The first-order valence-corrected chi connectivity index (χ1v) is 8.61. The monoisotopic (exact) mass is 367 g/mol. The van der Waals surface area contributed by atoms with Crippen LogP contribution in [0, 0.1) is 5.92 Å². The maximum Gasteiger partial charge on any atom is 0.0176 e. The van der Waals surface area contributed by atoms with Gasteiger partial charge in [-0.05, 0) is 40.7 Å². The van der Waals surface area contributed by atoms with Gasteiger partial charge >= 0.3 is 0 Å². The maximum absolute atomic E-state index is 2.75. The van der Waals surface area contributed by atoms with Crippen molar-refractivity contribution < 1.29 is 0 Å². The third kappa shape index (κ3) is 2.62. The molecule has 4 atom stereocenters. The number of hydrogen-bond donors (Lipinski definition) is 0. The summed E-state index contributed by atoms with van der Waals surface area (Å²) >= 11 is 2.33. The highest BCUT2D eigenvalue weighted by molar-refractivity contribution is 14.1. The van der Waals surface area contributed by atoms with Gasteiger partial charge in [0.1, 0.15) is 0 Å². The van der Waals surface area contributed by atoms with Crippen molar-refractivity contribution in [2.24, 2.45) is 5.92 Å². The van der Waals surface area contributed by atoms with Gasteiger partial charge in [-0.2, -0.15) is 0 Å². The molecule has 0 aromatic heterocycles. The van der Waals surface area contributed by atoms with Crippen LogP contribution in [-0.4, -0.2) is 23.5 Å². The average molecular weight is 367 g/mol. The van der Waals surface area contributed by atoms with Crippen molar-refractivity contribution in [3.63, 3.8) is 0 Å². The van der Waals surface area contributed by atoms with Crippen molar-refractivity contribution in [3.05, 3.63) is 46.1 Å². The molecule has 1 aromatic rings. The van der Waals surface area contributed by atoms with E-state index >= 15 is 0 Å². The lowest BCUT2D eigenvalue weighted by Gasteiger charge is -2.43. The Morgan fingerprint density at radius 1 is 1.26 bits per heavy atom. The minimum absolute atomic E-state index is 0.763. The second kappa shape index (κ2) is 5.96. The summed E-state index contributed by atoms with van der Waals surface area (Å²) < 4.78 is 2.16. The number of rotatable bonds is 3. The number of piperidine rings is 1. The van der Waals surface area contributed by atoms with Gasteiger partial charge in [0, 0.05) is 18.6 Å². The molecule has 0 amide bonds. The molecule has 2 aliphatic heterocycles. The first kappa shape index (κ1) is 13.6. The third-order valence-electron chi connectivity index (χ3n) is 5.09. The zero-order valence-electron chi connectivity index (χ0n) is 11.5. The highest BCUT2D eigenvalue weighted by Crippen LogP contribution is 2.46. The Morgan fingerprint density at radius 2 is 2.05 bits per heavy atom. The molecular weight excluding hydrogens is 345 g/mol. The van der Waals surface area contributed by atoms with Crippen LogP contribution in [-0.2, 0) is 0 Å². The van der Waals surface area contributed by atoms with E-state index in [-0.39, 0.29) is 0 Å². The standard InChI is InChI=1S/C17H22IN/c1-13-16(14-6-3-2-4-7-14)12-15-8-9-17(13)19(15)11-5-10-18/h2-7,10,13,15-17H,8-9,11-12H2,1H3/b10-5+/t13-,15?,16-,17?/m1/s1. The van der Waals surface area contributed by atoms with E-state index in [1.807, 2.05) is 0 Å². The molecule has 0 radical (unpaired) electrons. The van der Waals surface area contributed by atoms with Crippen molar-refractivity contribution in [1.29, 1.82) is 0 Å². The van der Waals surface area contributed by atoms with Crippen LogP contribution in [0.25, 0.3) is 0 Å². The normalized spacial score (nSPS) is 35.1. The highest BCUT2D eigenvalue weighted by atomic mass is 127. The molecule has 19 heavy (non-hydrogen) atoms. The van der Waals surface area contributed by atoms with Crippen LogP contribution in [0.4, 0.5) is 0 Å². The van der Waals surface area contributed by atoms with E-state index in [1.165, 1.54) is 19.3 Å². The lowest BCUT2D eigenvalue weighted by molar-refractivity contribution is 0.0942. The molecule has 102 valence electrons. The second-order valence-electron chi connectivity index (χ2n) is 5.97. The first-order valence-electron chi connectivity index (χ1n) is 7.37. The lowest BCUT2D eigenvalue weighted by atomic mass is 9.77. The van der Waals surface area contributed by atoms with E-state index in [1.54, 1.807) is 5.56 Å². The summed E-state index contributed by atoms with van der Waals surface area (Å²) in [5.74, 6) is 1.54. The first-order chi connectivity index (χ1) is 9.31. The smallest absolute Gasteiger partial charge is 0.0176 e. The summed E-state index contributed by atoms with van der Waals surface area (Å²) in [6.07, 6.45) is 6.44. The molecule has 2 heteroatoms. The molecule has 1 nitrogen and oxygen atoms in total. The van der Waals surface area contributed by atoms with Gasteiger partial charge in [-0.3, -0.25) is 4.90 Å². The largest absolute Gasteiger partial charge is 0.293 e. The Balaban J connectivity index is 1.79. The van der Waals surface area contributed by atoms with E-state index in [4.69, 9.17) is 0 Å². The van der Waals surface area contributed by atoms with E-state index in [2.05, 4.69) is 74.9 Å². The van der Waals surface area contributed by atoms with Crippen LogP contribution in [0.1, 0.15) is 37.7 Å². The Hall–Kier alpha value is -0.350. The summed E-state index contributed by atoms with van der Waals surface area (Å²) in [6.45, 7) is 3.61. The van der Waals surface area contributed by atoms with Gasteiger partial charge in [0.15, 0.2) is 0 Å². The summed E-state index contributed by atoms with van der Waals surface area (Å²) in [6, 6.07) is 12.7. The van der Waals surface area contributed by atoms with Gasteiger partial charge in [0.2, 0.25) is 0 Å². The summed E-state index contributed by atoms with van der Waals surface area (Å²) in [5.41, 5.74) is 1.55. The van der Waals surface area contributed by atoms with Gasteiger partial charge in [-0.25, -0.2) is 0 Å². The van der Waals surface area contributed by atoms with Gasteiger partial charge in [-0.1, -0.05) is 65.9 Å². The minimum atomic E-state index is 0.763. The quantitative estimate of drug-likeness (QED) is 0.707. The number of hydrogen-bond acceptors (Lipinski definition) is 1. The molecular formula is C17H22IN. The Bertz CT molecular complexity index is 442. The van der Waals surface area contributed by atoms with Crippen LogP contribution in [0.2, 0.25) is 0 Å². The molecule has 2 saturated heterocycles. The number of nitrogens with zero attached hydrogens (tertiary/aromatic N) is 1. The summed E-state index contributed by atoms with van der Waals surface area (Å²) in [5, 5.41) is 0. The van der Waals surface area contributed by atoms with Crippen LogP contribution in [0.5, 0.6) is 0 Å². The van der Waals surface area contributed by atoms with Gasteiger partial charge in [0.05, 0.1) is 0 Å². The van der Waals surface area contributed by atoms with Crippen molar-refractivity contribution >= 4 is 22.6 Å². The van der Waals surface area contributed by atoms with E-state index < -0.39 is 0 Å². The van der Waals surface area contributed by atoms with Crippen LogP contribution < -0.4 is 0 Å². The molecule has 2 unspecified atom stereocenters. The predicted molar refractivity (Wildman–Crippen MR) is 89.6 cm³/mol. The third-order valence-corrected chi connectivity index (χ3v) is 5.60. The fraction of sp³-hybridized carbons (Fsp3) is 0.529. The zero-order chi connectivity index (χ0) is 13.2. The SMILES string of the molecule is C[C@H]1C2CCC(C[C@H]1c1ccccc1)N2C/C=C/I. The molecule has 0 saturated carbocycles. The number of fused-ring (bicyclic) bond motifs is 2. The lowest BCUT2D eigenvalue weighted by Crippen LogP contribution is -2.47. The summed E-state index contributed by atoms with van der Waals surface area (Å²) in [7, 11) is 0. The van der Waals surface area contributed by atoms with Gasteiger partial charge in [0.25, 0.3) is 0 Å². The van der Waals surface area contributed by atoms with E-state index in [0.717, 1.165) is 30.5 Å². The van der Waals surface area contributed by atoms with E-state index in [9.17, 15) is 0 Å². The van der Waals surface area contributed by atoms with Gasteiger partial charge in [-0.15, -0.1) is 0 Å². The molecule has 3 rings (SSSR count). The van der Waals surface area contributed by atoms with Crippen molar-refractivity contribution in [3.8, 4) is 0 Å². The predicted octanol–water partition coefficient (Wildman–Crippen LogP) is 4.59. The van der Waals surface area contributed by atoms with Crippen LogP contribution in [0.15, 0.2) is 40.5 Å². The average Bonchev–Trinajstić information content (AvgIpc) is 2.77. The molecule has 0 spiro atoms. The topological polar surface area (TPSA) is 3.24 Å². The van der Waals surface area contributed by atoms with Crippen LogP contribution >= 0.6 is 22.6 Å². The number of halogens is 1. The molecule has 2 fully saturated rings. The summed E-state index contributed by atoms with van der Waals surface area (Å²) in [4.78, 5) is 2.75. The molecule has 2 heterocycles. The van der Waals surface area contributed by atoms with Crippen molar-refractivity contribution in [2.45, 2.75) is 44.2 Å². The van der Waals surface area contributed by atoms with Crippen molar-refractivity contribution in [1.82, 2.24) is 4.90 Å². The Kier molecular flexibility index (Phi) is 4.27. The van der Waals surface area contributed by atoms with Crippen molar-refractivity contribution in [2.75, 3.05) is 6.54 Å². The molecule has 1 aromatic carbocycles. The number of benzene rings is 1. The molecule has 2 aliphatic rings. The fourth-order valence-corrected chi connectivity index (χ4v) is 4.37. The minimum Gasteiger partial charge on any atom is -0.293 e. The molecule has 0 N–H and O–H groups in total. The highest BCUT2D eigenvalue weighted by Gasteiger charge is 2.44. The second-order valence-corrected chi connectivity index (χ2v) is 6.69.